The minimum absolute atomic E-state index is 0.128. The van der Waals surface area contributed by atoms with E-state index in [1.807, 2.05) is 32.1 Å². The van der Waals surface area contributed by atoms with Gasteiger partial charge in [0.05, 0.1) is 0 Å². The first kappa shape index (κ1) is 20.7. The lowest BCUT2D eigenvalue weighted by Crippen LogP contribution is -2.26. The average Bonchev–Trinajstić information content (AvgIpc) is 3.13. The van der Waals surface area contributed by atoms with Crippen LogP contribution in [0.3, 0.4) is 0 Å². The minimum atomic E-state index is -0.364. The van der Waals surface area contributed by atoms with Crippen LogP contribution in [0.15, 0.2) is 35.7 Å². The molecule has 26 heavy (non-hydrogen) atoms. The van der Waals surface area contributed by atoms with Crippen molar-refractivity contribution in [1.82, 2.24) is 0 Å². The Morgan fingerprint density at radius 1 is 1.19 bits per heavy atom. The number of Topliss-reactive ketones (excluding diaryl/α,β-unsaturated/α-hetero) is 1. The maximum absolute atomic E-state index is 12.2. The van der Waals surface area contributed by atoms with Crippen molar-refractivity contribution in [2.24, 2.45) is 5.41 Å². The van der Waals surface area contributed by atoms with Crippen LogP contribution in [0.1, 0.15) is 75.8 Å². The Bertz CT molecular complexity index is 695. The zero-order chi connectivity index (χ0) is 19.2. The number of hydrogen-bond donors (Lipinski definition) is 0. The molecule has 142 valence electrons. The summed E-state index contributed by atoms with van der Waals surface area (Å²) in [6, 6.07) is 10.9. The molecule has 0 spiro atoms. The van der Waals surface area contributed by atoms with Crippen LogP contribution in [0, 0.1) is 5.41 Å². The molecule has 0 bridgehead atoms. The highest BCUT2D eigenvalue weighted by molar-refractivity contribution is 7.10. The zero-order valence-electron chi connectivity index (χ0n) is 16.8. The van der Waals surface area contributed by atoms with Gasteiger partial charge in [-0.3, -0.25) is 4.79 Å². The highest BCUT2D eigenvalue weighted by Gasteiger charge is 2.22. The van der Waals surface area contributed by atoms with E-state index in [0.717, 1.165) is 12.2 Å². The molecule has 1 unspecified atom stereocenters. The highest BCUT2D eigenvalue weighted by Crippen LogP contribution is 2.35. The fourth-order valence-electron chi connectivity index (χ4n) is 2.96. The number of thiophene rings is 1. The van der Waals surface area contributed by atoms with E-state index in [1.165, 1.54) is 35.3 Å². The third-order valence-electron chi connectivity index (χ3n) is 4.80. The van der Waals surface area contributed by atoms with Crippen LogP contribution in [-0.4, -0.2) is 12.4 Å². The molecule has 0 radical (unpaired) electrons. The molecular formula is C23H32O2S. The molecule has 0 N–H and O–H groups in total. The Labute approximate surface area is 162 Å². The largest absolute Gasteiger partial charge is 0.486 e. The van der Waals surface area contributed by atoms with Gasteiger partial charge < -0.3 is 4.74 Å². The van der Waals surface area contributed by atoms with E-state index >= 15 is 0 Å². The van der Waals surface area contributed by atoms with E-state index in [0.29, 0.717) is 5.92 Å². The fraction of sp³-hybridized carbons (Fsp3) is 0.522. The van der Waals surface area contributed by atoms with Crippen molar-refractivity contribution in [3.63, 3.8) is 0 Å². The molecule has 2 rings (SSSR count). The van der Waals surface area contributed by atoms with Crippen LogP contribution in [-0.2, 0) is 11.2 Å². The third-order valence-corrected chi connectivity index (χ3v) is 5.78. The second-order valence-corrected chi connectivity index (χ2v) is 8.87. The monoisotopic (exact) mass is 372 g/mol. The molecule has 2 nitrogen and oxygen atoms in total. The summed E-state index contributed by atoms with van der Waals surface area (Å²) in [5.41, 5.74) is 2.17. The van der Waals surface area contributed by atoms with Crippen molar-refractivity contribution in [2.45, 2.75) is 66.2 Å². The molecule has 0 saturated heterocycles. The molecule has 0 aliphatic rings. The molecule has 0 aliphatic heterocycles. The fourth-order valence-corrected chi connectivity index (χ4v) is 3.85. The lowest BCUT2D eigenvalue weighted by molar-refractivity contribution is -0.128. The smallest absolute Gasteiger partial charge is 0.175 e. The predicted octanol–water partition coefficient (Wildman–Crippen LogP) is 6.63. The maximum Gasteiger partial charge on any atom is 0.175 e. The highest BCUT2D eigenvalue weighted by atomic mass is 32.1. The Hall–Kier alpha value is -1.61. The number of unbranched alkanes of at least 4 members (excludes halogenated alkanes) is 1. The molecule has 1 atom stereocenters. The maximum atomic E-state index is 12.2. The van der Waals surface area contributed by atoms with Crippen molar-refractivity contribution in [1.29, 1.82) is 0 Å². The van der Waals surface area contributed by atoms with Crippen molar-refractivity contribution < 1.29 is 9.53 Å². The third kappa shape index (κ3) is 5.44. The molecule has 1 heterocycles. The summed E-state index contributed by atoms with van der Waals surface area (Å²) in [6.45, 7) is 10.3. The number of aryl methyl sites for hydroxylation is 1. The number of rotatable bonds is 9. The van der Waals surface area contributed by atoms with E-state index in [-0.39, 0.29) is 17.8 Å². The second kappa shape index (κ2) is 9.36. The number of carbonyl (C=O) groups is 1. The van der Waals surface area contributed by atoms with Gasteiger partial charge in [-0.2, -0.15) is 0 Å². The van der Waals surface area contributed by atoms with E-state index in [4.69, 9.17) is 4.74 Å². The van der Waals surface area contributed by atoms with Gasteiger partial charge in [0.15, 0.2) is 5.78 Å². The summed E-state index contributed by atoms with van der Waals surface area (Å²) in [6.07, 6.45) is 4.50. The van der Waals surface area contributed by atoms with Gasteiger partial charge in [-0.25, -0.2) is 0 Å². The average molecular weight is 373 g/mol. The number of benzene rings is 1. The quantitative estimate of drug-likeness (QED) is 0.494. The van der Waals surface area contributed by atoms with Crippen LogP contribution in [0.25, 0.3) is 0 Å². The Morgan fingerprint density at radius 2 is 1.96 bits per heavy atom. The first-order chi connectivity index (χ1) is 12.4. The van der Waals surface area contributed by atoms with Gasteiger partial charge in [-0.15, -0.1) is 11.3 Å². The van der Waals surface area contributed by atoms with E-state index in [2.05, 4.69) is 49.6 Å². The summed E-state index contributed by atoms with van der Waals surface area (Å²) in [5.74, 6) is 1.42. The molecule has 3 heteroatoms. The van der Waals surface area contributed by atoms with E-state index in [9.17, 15) is 4.79 Å². The Morgan fingerprint density at radius 3 is 2.54 bits per heavy atom. The lowest BCUT2D eigenvalue weighted by Gasteiger charge is -2.20. The lowest BCUT2D eigenvalue weighted by atomic mass is 9.90. The van der Waals surface area contributed by atoms with Crippen molar-refractivity contribution in [3.8, 4) is 5.75 Å². The summed E-state index contributed by atoms with van der Waals surface area (Å²) in [5, 5.41) is 2.16. The van der Waals surface area contributed by atoms with Gasteiger partial charge in [0, 0.05) is 16.2 Å². The van der Waals surface area contributed by atoms with E-state index < -0.39 is 0 Å². The summed E-state index contributed by atoms with van der Waals surface area (Å²) < 4.78 is 5.88. The van der Waals surface area contributed by atoms with Gasteiger partial charge in [-0.05, 0) is 41.5 Å². The summed E-state index contributed by atoms with van der Waals surface area (Å²) in [4.78, 5) is 13.6. The van der Waals surface area contributed by atoms with Crippen molar-refractivity contribution >= 4 is 17.1 Å². The summed E-state index contributed by atoms with van der Waals surface area (Å²) in [7, 11) is 0. The Balaban J connectivity index is 2.21. The predicted molar refractivity (Wildman–Crippen MR) is 111 cm³/mol. The Kier molecular flexibility index (Phi) is 7.45. The molecular weight excluding hydrogens is 340 g/mol. The van der Waals surface area contributed by atoms with Gasteiger partial charge in [0.1, 0.15) is 12.4 Å². The molecule has 0 aliphatic carbocycles. The molecule has 1 aromatic carbocycles. The van der Waals surface area contributed by atoms with Crippen LogP contribution in [0.2, 0.25) is 0 Å². The molecule has 0 amide bonds. The SMILES string of the molecule is CCCCC(c1ccc(OCC(=O)C(C)(C)C)c(CC)c1)c1cccs1. The zero-order valence-corrected chi connectivity index (χ0v) is 17.6. The number of hydrogen-bond acceptors (Lipinski definition) is 3. The van der Waals surface area contributed by atoms with Gasteiger partial charge in [0.2, 0.25) is 0 Å². The van der Waals surface area contributed by atoms with Gasteiger partial charge in [-0.1, -0.05) is 65.7 Å². The molecule has 0 saturated carbocycles. The molecule has 2 aromatic rings. The second-order valence-electron chi connectivity index (χ2n) is 7.89. The van der Waals surface area contributed by atoms with E-state index in [1.54, 1.807) is 0 Å². The van der Waals surface area contributed by atoms with Crippen LogP contribution in [0.5, 0.6) is 5.75 Å². The summed E-state index contributed by atoms with van der Waals surface area (Å²) >= 11 is 1.83. The van der Waals surface area contributed by atoms with Crippen LogP contribution < -0.4 is 4.74 Å². The number of ether oxygens (including phenoxy) is 1. The van der Waals surface area contributed by atoms with Gasteiger partial charge >= 0.3 is 0 Å². The van der Waals surface area contributed by atoms with Gasteiger partial charge in [0.25, 0.3) is 0 Å². The topological polar surface area (TPSA) is 26.3 Å². The van der Waals surface area contributed by atoms with Crippen LogP contribution >= 0.6 is 11.3 Å². The van der Waals surface area contributed by atoms with Crippen molar-refractivity contribution in [3.05, 3.63) is 51.7 Å². The first-order valence-electron chi connectivity index (χ1n) is 9.69. The molecule has 0 fully saturated rings. The van der Waals surface area contributed by atoms with Crippen LogP contribution in [0.4, 0.5) is 0 Å². The molecule has 1 aromatic heterocycles. The number of ketones is 1. The van der Waals surface area contributed by atoms with Crippen molar-refractivity contribution in [2.75, 3.05) is 6.61 Å². The number of carbonyl (C=O) groups excluding carboxylic acids is 1. The standard InChI is InChI=1S/C23H32O2S/c1-6-8-10-19(21-11-9-14-26-21)18-12-13-20(17(7-2)15-18)25-16-22(24)23(3,4)5/h9,11-15,19H,6-8,10,16H2,1-5H3. The minimum Gasteiger partial charge on any atom is -0.486 e. The first-order valence-corrected chi connectivity index (χ1v) is 10.6. The normalized spacial score (nSPS) is 12.8.